The quantitative estimate of drug-likeness (QED) is 0.662. The molecule has 1 aromatic carbocycles. The number of hydrogen-bond acceptors (Lipinski definition) is 6. The molecular formula is C21H23ClN4O4S. The molecule has 1 N–H and O–H groups in total. The average molecular weight is 463 g/mol. The highest BCUT2D eigenvalue weighted by atomic mass is 35.5. The van der Waals surface area contributed by atoms with E-state index < -0.39 is 11.8 Å². The van der Waals surface area contributed by atoms with Crippen LogP contribution in [0.4, 0.5) is 0 Å². The first-order chi connectivity index (χ1) is 15.0. The summed E-state index contributed by atoms with van der Waals surface area (Å²) in [6.45, 7) is 1.87. The second-order valence-electron chi connectivity index (χ2n) is 7.57. The van der Waals surface area contributed by atoms with Gasteiger partial charge in [-0.05, 0) is 37.1 Å². The van der Waals surface area contributed by atoms with Crippen LogP contribution in [0.3, 0.4) is 0 Å². The summed E-state index contributed by atoms with van der Waals surface area (Å²) < 4.78 is 5.69. The van der Waals surface area contributed by atoms with Gasteiger partial charge in [0, 0.05) is 42.6 Å². The van der Waals surface area contributed by atoms with Crippen LogP contribution < -0.4 is 10.1 Å². The Morgan fingerprint density at radius 3 is 2.45 bits per heavy atom. The van der Waals surface area contributed by atoms with Crippen molar-refractivity contribution in [2.75, 3.05) is 26.2 Å². The number of aromatic nitrogens is 1. The van der Waals surface area contributed by atoms with Crippen molar-refractivity contribution in [3.05, 3.63) is 45.4 Å². The van der Waals surface area contributed by atoms with E-state index in [1.165, 1.54) is 16.2 Å². The van der Waals surface area contributed by atoms with Gasteiger partial charge in [0.05, 0.1) is 12.1 Å². The van der Waals surface area contributed by atoms with Gasteiger partial charge in [-0.25, -0.2) is 4.98 Å². The number of carbonyl (C=O) groups excluding carboxylic acids is 3. The number of thiazole rings is 1. The summed E-state index contributed by atoms with van der Waals surface area (Å²) in [5.41, 5.74) is 0.701. The Hall–Kier alpha value is -2.65. The molecule has 10 heteroatoms. The van der Waals surface area contributed by atoms with Crippen molar-refractivity contribution >= 4 is 40.7 Å². The van der Waals surface area contributed by atoms with Crippen LogP contribution in [0.15, 0.2) is 29.6 Å². The first-order valence-electron chi connectivity index (χ1n) is 10.2. The van der Waals surface area contributed by atoms with E-state index in [0.29, 0.717) is 49.3 Å². The van der Waals surface area contributed by atoms with E-state index >= 15 is 0 Å². The molecular weight excluding hydrogens is 440 g/mol. The fraction of sp³-hybridized carbons (Fsp3) is 0.429. The van der Waals surface area contributed by atoms with E-state index in [4.69, 9.17) is 16.3 Å². The molecule has 2 fully saturated rings. The number of nitrogens with one attached hydrogen (secondary N) is 1. The summed E-state index contributed by atoms with van der Waals surface area (Å²) in [7, 11) is 0. The predicted molar refractivity (Wildman–Crippen MR) is 116 cm³/mol. The number of nitrogens with zero attached hydrogens (tertiary/aromatic N) is 3. The third-order valence-electron chi connectivity index (χ3n) is 5.13. The second kappa shape index (κ2) is 9.65. The molecule has 0 bridgehead atoms. The van der Waals surface area contributed by atoms with Gasteiger partial charge in [-0.15, -0.1) is 11.3 Å². The van der Waals surface area contributed by atoms with Crippen molar-refractivity contribution in [2.45, 2.75) is 31.9 Å². The zero-order chi connectivity index (χ0) is 21.8. The Labute approximate surface area is 189 Å². The van der Waals surface area contributed by atoms with Gasteiger partial charge >= 0.3 is 11.8 Å². The summed E-state index contributed by atoms with van der Waals surface area (Å²) >= 11 is 7.31. The maximum Gasteiger partial charge on any atom is 0.312 e. The number of carbonyl (C=O) groups is 3. The third-order valence-corrected chi connectivity index (χ3v) is 6.26. The Bertz CT molecular complexity index is 953. The molecule has 1 aliphatic heterocycles. The van der Waals surface area contributed by atoms with Gasteiger partial charge in [0.25, 0.3) is 0 Å². The average Bonchev–Trinajstić information content (AvgIpc) is 3.49. The molecule has 3 amide bonds. The molecule has 4 rings (SSSR count). The third kappa shape index (κ3) is 5.95. The number of ether oxygens (including phenoxy) is 1. The molecule has 0 radical (unpaired) electrons. The maximum atomic E-state index is 12.6. The minimum atomic E-state index is -0.543. The van der Waals surface area contributed by atoms with E-state index in [-0.39, 0.29) is 18.4 Å². The fourth-order valence-corrected chi connectivity index (χ4v) is 4.05. The number of hydrogen-bond donors (Lipinski definition) is 1. The standard InChI is InChI=1S/C21H23ClN4O4S/c22-14-1-5-17(6-2-14)30-12-18-23-16(13-31-18)11-19(27)25-7-9-26(10-8-25)21(29)20(28)24-15-3-4-15/h1-2,5-6,13,15H,3-4,7-12H2,(H,24,28). The van der Waals surface area contributed by atoms with Gasteiger partial charge in [-0.1, -0.05) is 11.6 Å². The van der Waals surface area contributed by atoms with E-state index in [0.717, 1.165) is 17.8 Å². The SMILES string of the molecule is O=C(NC1CC1)C(=O)N1CCN(C(=O)Cc2csc(COc3ccc(Cl)cc3)n2)CC1. The van der Waals surface area contributed by atoms with Crippen LogP contribution in [-0.2, 0) is 27.4 Å². The zero-order valence-corrected chi connectivity index (χ0v) is 18.5. The lowest BCUT2D eigenvalue weighted by Crippen LogP contribution is -2.54. The van der Waals surface area contributed by atoms with Crippen LogP contribution >= 0.6 is 22.9 Å². The van der Waals surface area contributed by atoms with Gasteiger partial charge in [-0.3, -0.25) is 14.4 Å². The molecule has 2 aromatic rings. The monoisotopic (exact) mass is 462 g/mol. The van der Waals surface area contributed by atoms with Crippen LogP contribution in [0.2, 0.25) is 5.02 Å². The van der Waals surface area contributed by atoms with Crippen molar-refractivity contribution in [3.8, 4) is 5.75 Å². The van der Waals surface area contributed by atoms with Crippen LogP contribution in [0.1, 0.15) is 23.5 Å². The Kier molecular flexibility index (Phi) is 6.72. The molecule has 0 atom stereocenters. The molecule has 2 heterocycles. The lowest BCUT2D eigenvalue weighted by atomic mass is 10.2. The number of halogens is 1. The number of amides is 3. The number of rotatable bonds is 6. The first kappa shape index (κ1) is 21.6. The van der Waals surface area contributed by atoms with E-state index in [9.17, 15) is 14.4 Å². The van der Waals surface area contributed by atoms with Crippen LogP contribution in [0.5, 0.6) is 5.75 Å². The Morgan fingerprint density at radius 1 is 1.10 bits per heavy atom. The smallest absolute Gasteiger partial charge is 0.312 e. The van der Waals surface area contributed by atoms with Gasteiger partial charge < -0.3 is 19.9 Å². The normalized spacial score (nSPS) is 16.2. The molecule has 0 unspecified atom stereocenters. The summed E-state index contributed by atoms with van der Waals surface area (Å²) in [5, 5.41) is 6.00. The lowest BCUT2D eigenvalue weighted by molar-refractivity contribution is -0.148. The van der Waals surface area contributed by atoms with E-state index in [1.807, 2.05) is 5.38 Å². The minimum absolute atomic E-state index is 0.0370. The second-order valence-corrected chi connectivity index (χ2v) is 8.95. The summed E-state index contributed by atoms with van der Waals surface area (Å²) in [5.74, 6) is -0.387. The first-order valence-corrected chi connectivity index (χ1v) is 11.4. The van der Waals surface area contributed by atoms with Crippen LogP contribution in [0, 0.1) is 0 Å². The lowest BCUT2D eigenvalue weighted by Gasteiger charge is -2.34. The molecule has 1 aromatic heterocycles. The van der Waals surface area contributed by atoms with Crippen molar-refractivity contribution in [2.24, 2.45) is 0 Å². The minimum Gasteiger partial charge on any atom is -0.486 e. The molecule has 1 saturated heterocycles. The van der Waals surface area contributed by atoms with E-state index in [2.05, 4.69) is 10.3 Å². The number of benzene rings is 1. The topological polar surface area (TPSA) is 91.8 Å². The van der Waals surface area contributed by atoms with Crippen molar-refractivity contribution in [3.63, 3.8) is 0 Å². The highest BCUT2D eigenvalue weighted by molar-refractivity contribution is 7.09. The van der Waals surface area contributed by atoms with Gasteiger partial charge in [0.1, 0.15) is 17.4 Å². The molecule has 2 aliphatic rings. The van der Waals surface area contributed by atoms with Crippen LogP contribution in [-0.4, -0.2) is 64.7 Å². The van der Waals surface area contributed by atoms with Gasteiger partial charge in [0.15, 0.2) is 0 Å². The molecule has 31 heavy (non-hydrogen) atoms. The largest absolute Gasteiger partial charge is 0.486 e. The zero-order valence-electron chi connectivity index (χ0n) is 16.9. The Balaban J connectivity index is 1.21. The van der Waals surface area contributed by atoms with Crippen molar-refractivity contribution < 1.29 is 19.1 Å². The van der Waals surface area contributed by atoms with Gasteiger partial charge in [-0.2, -0.15) is 0 Å². The van der Waals surface area contributed by atoms with E-state index in [1.54, 1.807) is 29.2 Å². The summed E-state index contributed by atoms with van der Waals surface area (Å²) in [4.78, 5) is 44.4. The molecule has 8 nitrogen and oxygen atoms in total. The Morgan fingerprint density at radius 2 is 1.77 bits per heavy atom. The predicted octanol–water partition coefficient (Wildman–Crippen LogP) is 1.87. The van der Waals surface area contributed by atoms with Gasteiger partial charge in [0.2, 0.25) is 5.91 Å². The molecule has 164 valence electrons. The highest BCUT2D eigenvalue weighted by Gasteiger charge is 2.31. The molecule has 1 saturated carbocycles. The highest BCUT2D eigenvalue weighted by Crippen LogP contribution is 2.20. The van der Waals surface area contributed by atoms with Crippen molar-refractivity contribution in [1.82, 2.24) is 20.1 Å². The molecule has 0 spiro atoms. The maximum absolute atomic E-state index is 12.6. The fourth-order valence-electron chi connectivity index (χ4n) is 3.22. The van der Waals surface area contributed by atoms with Crippen LogP contribution in [0.25, 0.3) is 0 Å². The summed E-state index contributed by atoms with van der Waals surface area (Å²) in [6.07, 6.45) is 2.08. The van der Waals surface area contributed by atoms with Crippen molar-refractivity contribution in [1.29, 1.82) is 0 Å². The summed E-state index contributed by atoms with van der Waals surface area (Å²) in [6, 6.07) is 7.25. The molecule has 1 aliphatic carbocycles. The number of piperazine rings is 1.